The van der Waals surface area contributed by atoms with Gasteiger partial charge in [-0.05, 0) is 32.4 Å². The Bertz CT molecular complexity index is 432. The Hall–Kier alpha value is -1.55. The minimum Gasteiger partial charge on any atom is -0.294 e. The highest BCUT2D eigenvalue weighted by Gasteiger charge is 2.04. The van der Waals surface area contributed by atoms with E-state index in [4.69, 9.17) is 0 Å². The SMILES string of the molecule is CCCCC#Cc1ccc(C)cc1C(C)=O. The summed E-state index contributed by atoms with van der Waals surface area (Å²) in [7, 11) is 0. The van der Waals surface area contributed by atoms with Crippen molar-refractivity contribution in [1.82, 2.24) is 0 Å². The highest BCUT2D eigenvalue weighted by Crippen LogP contribution is 2.11. The van der Waals surface area contributed by atoms with Gasteiger partial charge in [0.05, 0.1) is 0 Å². The molecule has 0 saturated heterocycles. The Kier molecular flexibility index (Phi) is 4.79. The number of hydrogen-bond donors (Lipinski definition) is 0. The second-order valence-corrected chi connectivity index (χ2v) is 4.01. The van der Waals surface area contributed by atoms with Crippen LogP contribution in [0.3, 0.4) is 0 Å². The standard InChI is InChI=1S/C15H18O/c1-4-5-6-7-8-14-10-9-12(2)11-15(14)13(3)16/h9-11H,4-6H2,1-3H3. The summed E-state index contributed by atoms with van der Waals surface area (Å²) in [6.45, 7) is 5.72. The third-order valence-corrected chi connectivity index (χ3v) is 2.43. The van der Waals surface area contributed by atoms with E-state index in [1.807, 2.05) is 25.1 Å². The van der Waals surface area contributed by atoms with E-state index in [1.165, 1.54) is 0 Å². The zero-order valence-electron chi connectivity index (χ0n) is 10.3. The van der Waals surface area contributed by atoms with Crippen LogP contribution in [0.1, 0.15) is 54.6 Å². The van der Waals surface area contributed by atoms with Crippen LogP contribution < -0.4 is 0 Å². The number of rotatable bonds is 3. The number of hydrogen-bond acceptors (Lipinski definition) is 1. The summed E-state index contributed by atoms with van der Waals surface area (Å²) in [6.07, 6.45) is 3.18. The van der Waals surface area contributed by atoms with Gasteiger partial charge >= 0.3 is 0 Å². The molecule has 0 aliphatic carbocycles. The number of aryl methyl sites for hydroxylation is 1. The fourth-order valence-electron chi connectivity index (χ4n) is 1.48. The molecule has 0 spiro atoms. The molecule has 1 aromatic carbocycles. The molecular weight excluding hydrogens is 196 g/mol. The predicted molar refractivity (Wildman–Crippen MR) is 67.6 cm³/mol. The number of benzene rings is 1. The molecule has 84 valence electrons. The van der Waals surface area contributed by atoms with Crippen molar-refractivity contribution >= 4 is 5.78 Å². The lowest BCUT2D eigenvalue weighted by molar-refractivity contribution is 0.101. The van der Waals surface area contributed by atoms with Crippen LogP contribution in [-0.4, -0.2) is 5.78 Å². The van der Waals surface area contributed by atoms with Gasteiger partial charge in [-0.3, -0.25) is 4.79 Å². The number of ketones is 1. The topological polar surface area (TPSA) is 17.1 Å². The molecular formula is C15H18O. The van der Waals surface area contributed by atoms with E-state index in [-0.39, 0.29) is 5.78 Å². The highest BCUT2D eigenvalue weighted by atomic mass is 16.1. The Morgan fingerprint density at radius 2 is 2.12 bits per heavy atom. The van der Waals surface area contributed by atoms with Gasteiger partial charge in [0, 0.05) is 17.5 Å². The Balaban J connectivity index is 2.93. The monoisotopic (exact) mass is 214 g/mol. The van der Waals surface area contributed by atoms with Crippen LogP contribution in [0.5, 0.6) is 0 Å². The lowest BCUT2D eigenvalue weighted by Crippen LogP contribution is -1.97. The molecule has 1 rings (SSSR count). The summed E-state index contributed by atoms with van der Waals surface area (Å²) in [6, 6.07) is 5.84. The zero-order chi connectivity index (χ0) is 12.0. The van der Waals surface area contributed by atoms with Crippen molar-refractivity contribution < 1.29 is 4.79 Å². The van der Waals surface area contributed by atoms with Crippen molar-refractivity contribution in [2.75, 3.05) is 0 Å². The molecule has 0 radical (unpaired) electrons. The lowest BCUT2D eigenvalue weighted by atomic mass is 10.0. The van der Waals surface area contributed by atoms with Crippen molar-refractivity contribution in [3.63, 3.8) is 0 Å². The summed E-state index contributed by atoms with van der Waals surface area (Å²) in [5.74, 6) is 6.29. The van der Waals surface area contributed by atoms with E-state index in [1.54, 1.807) is 6.92 Å². The molecule has 0 atom stereocenters. The van der Waals surface area contributed by atoms with E-state index < -0.39 is 0 Å². The van der Waals surface area contributed by atoms with E-state index >= 15 is 0 Å². The smallest absolute Gasteiger partial charge is 0.161 e. The maximum atomic E-state index is 11.4. The second-order valence-electron chi connectivity index (χ2n) is 4.01. The van der Waals surface area contributed by atoms with Crippen molar-refractivity contribution in [3.05, 3.63) is 34.9 Å². The maximum absolute atomic E-state index is 11.4. The molecule has 1 nitrogen and oxygen atoms in total. The van der Waals surface area contributed by atoms with Gasteiger partial charge in [-0.25, -0.2) is 0 Å². The minimum atomic E-state index is 0.0866. The number of unbranched alkanes of at least 4 members (excludes halogenated alkanes) is 2. The van der Waals surface area contributed by atoms with Gasteiger partial charge in [0.25, 0.3) is 0 Å². The molecule has 16 heavy (non-hydrogen) atoms. The minimum absolute atomic E-state index is 0.0866. The molecule has 0 unspecified atom stereocenters. The molecule has 1 heteroatoms. The van der Waals surface area contributed by atoms with Crippen LogP contribution in [0, 0.1) is 18.8 Å². The van der Waals surface area contributed by atoms with Gasteiger partial charge in [0.15, 0.2) is 5.78 Å². The summed E-state index contributed by atoms with van der Waals surface area (Å²) in [5.41, 5.74) is 2.70. The molecule has 0 N–H and O–H groups in total. The third kappa shape index (κ3) is 3.55. The van der Waals surface area contributed by atoms with Crippen molar-refractivity contribution in [2.45, 2.75) is 40.0 Å². The molecule has 0 bridgehead atoms. The average molecular weight is 214 g/mol. The molecule has 0 saturated carbocycles. The molecule has 0 amide bonds. The first-order valence-electron chi connectivity index (χ1n) is 5.75. The maximum Gasteiger partial charge on any atom is 0.161 e. The molecule has 1 aromatic rings. The molecule has 0 aliphatic heterocycles. The molecule has 0 aliphatic rings. The normalized spacial score (nSPS) is 9.44. The molecule has 0 aromatic heterocycles. The third-order valence-electron chi connectivity index (χ3n) is 2.43. The fraction of sp³-hybridized carbons (Fsp3) is 0.400. The van der Waals surface area contributed by atoms with Gasteiger partial charge in [-0.2, -0.15) is 0 Å². The second kappa shape index (κ2) is 6.12. The zero-order valence-corrected chi connectivity index (χ0v) is 10.3. The fourth-order valence-corrected chi connectivity index (χ4v) is 1.48. The number of Topliss-reactive ketones (excluding diaryl/α,β-unsaturated/α-hetero) is 1. The Labute approximate surface area is 97.9 Å². The highest BCUT2D eigenvalue weighted by molar-refractivity contribution is 5.96. The van der Waals surface area contributed by atoms with Crippen LogP contribution in [0.4, 0.5) is 0 Å². The largest absolute Gasteiger partial charge is 0.294 e. The van der Waals surface area contributed by atoms with Crippen LogP contribution in [0.15, 0.2) is 18.2 Å². The number of carbonyl (C=O) groups excluding carboxylic acids is 1. The van der Waals surface area contributed by atoms with E-state index in [2.05, 4.69) is 18.8 Å². The van der Waals surface area contributed by atoms with Gasteiger partial charge in [0.2, 0.25) is 0 Å². The van der Waals surface area contributed by atoms with Crippen molar-refractivity contribution in [3.8, 4) is 11.8 Å². The quantitative estimate of drug-likeness (QED) is 0.425. The summed E-state index contributed by atoms with van der Waals surface area (Å²) < 4.78 is 0. The summed E-state index contributed by atoms with van der Waals surface area (Å²) >= 11 is 0. The first-order chi connectivity index (χ1) is 7.65. The van der Waals surface area contributed by atoms with Gasteiger partial charge < -0.3 is 0 Å². The van der Waals surface area contributed by atoms with Gasteiger partial charge in [0.1, 0.15) is 0 Å². The number of carbonyl (C=O) groups is 1. The first kappa shape index (κ1) is 12.5. The molecule has 0 fully saturated rings. The van der Waals surface area contributed by atoms with E-state index in [9.17, 15) is 4.79 Å². The Morgan fingerprint density at radius 1 is 1.38 bits per heavy atom. The van der Waals surface area contributed by atoms with Crippen LogP contribution in [0.25, 0.3) is 0 Å². The predicted octanol–water partition coefficient (Wildman–Crippen LogP) is 3.74. The van der Waals surface area contributed by atoms with Gasteiger partial charge in [-0.1, -0.05) is 36.8 Å². The summed E-state index contributed by atoms with van der Waals surface area (Å²) in [5, 5.41) is 0. The van der Waals surface area contributed by atoms with Crippen molar-refractivity contribution in [2.24, 2.45) is 0 Å². The van der Waals surface area contributed by atoms with Crippen LogP contribution in [-0.2, 0) is 0 Å². The lowest BCUT2D eigenvalue weighted by Gasteiger charge is -2.01. The van der Waals surface area contributed by atoms with E-state index in [0.29, 0.717) is 0 Å². The average Bonchev–Trinajstić information content (AvgIpc) is 2.26. The van der Waals surface area contributed by atoms with Crippen molar-refractivity contribution in [1.29, 1.82) is 0 Å². The van der Waals surface area contributed by atoms with E-state index in [0.717, 1.165) is 36.0 Å². The van der Waals surface area contributed by atoms with Crippen LogP contribution >= 0.6 is 0 Å². The van der Waals surface area contributed by atoms with Crippen LogP contribution in [0.2, 0.25) is 0 Å². The molecule has 0 heterocycles. The first-order valence-corrected chi connectivity index (χ1v) is 5.75. The summed E-state index contributed by atoms with van der Waals surface area (Å²) in [4.78, 5) is 11.4. The van der Waals surface area contributed by atoms with Gasteiger partial charge in [-0.15, -0.1) is 0 Å². The Morgan fingerprint density at radius 3 is 2.75 bits per heavy atom.